The van der Waals surface area contributed by atoms with Gasteiger partial charge in [0.25, 0.3) is 0 Å². The van der Waals surface area contributed by atoms with E-state index >= 15 is 0 Å². The largest absolute Gasteiger partial charge is 0.448 e. The molecular weight excluding hydrogens is 298 g/mol. The number of hydrogen-bond acceptors (Lipinski definition) is 2. The van der Waals surface area contributed by atoms with Gasteiger partial charge >= 0.3 is 5.97 Å². The Labute approximate surface area is 147 Å². The molecule has 0 aliphatic carbocycles. The molecule has 1 aromatic carbocycles. The molecule has 3 atom stereocenters. The summed E-state index contributed by atoms with van der Waals surface area (Å²) in [5.74, 6) is 0.293. The number of benzene rings is 1. The quantitative estimate of drug-likeness (QED) is 0.843. The molecule has 24 heavy (non-hydrogen) atoms. The second-order valence-corrected chi connectivity index (χ2v) is 9.46. The van der Waals surface area contributed by atoms with E-state index in [-0.39, 0.29) is 16.9 Å². The first kappa shape index (κ1) is 19.0. The van der Waals surface area contributed by atoms with E-state index in [1.54, 1.807) is 0 Å². The SMILES string of the molecule is CC(=O)O[C@@]1(c2ccccc2)C[C@@H](C(C)(C)C)C[NH+](C(C)(C)C)C1. The lowest BCUT2D eigenvalue weighted by atomic mass is 9.69. The highest BCUT2D eigenvalue weighted by Gasteiger charge is 2.51. The zero-order valence-corrected chi connectivity index (χ0v) is 16.4. The molecule has 1 N–H and O–H groups in total. The zero-order chi connectivity index (χ0) is 18.2. The van der Waals surface area contributed by atoms with Crippen molar-refractivity contribution in [3.05, 3.63) is 35.9 Å². The van der Waals surface area contributed by atoms with Crippen LogP contribution in [0.4, 0.5) is 0 Å². The minimum atomic E-state index is -0.536. The lowest BCUT2D eigenvalue weighted by molar-refractivity contribution is -0.962. The normalized spacial score (nSPS) is 28.5. The minimum absolute atomic E-state index is 0.115. The summed E-state index contributed by atoms with van der Waals surface area (Å²) in [5.41, 5.74) is 0.878. The molecule has 3 heteroatoms. The van der Waals surface area contributed by atoms with Gasteiger partial charge in [-0.05, 0) is 26.2 Å². The van der Waals surface area contributed by atoms with Crippen LogP contribution in [0.2, 0.25) is 0 Å². The van der Waals surface area contributed by atoms with Gasteiger partial charge in [-0.25, -0.2) is 0 Å². The highest BCUT2D eigenvalue weighted by molar-refractivity contribution is 5.67. The van der Waals surface area contributed by atoms with Gasteiger partial charge in [0.2, 0.25) is 0 Å². The number of rotatable bonds is 2. The third-order valence-corrected chi connectivity index (χ3v) is 5.49. The fraction of sp³-hybridized carbons (Fsp3) is 0.667. The number of esters is 1. The molecule has 0 saturated carbocycles. The Hall–Kier alpha value is -1.35. The molecule has 1 aliphatic rings. The van der Waals surface area contributed by atoms with Crippen molar-refractivity contribution >= 4 is 5.97 Å². The van der Waals surface area contributed by atoms with E-state index in [2.05, 4.69) is 53.7 Å². The Morgan fingerprint density at radius 3 is 2.17 bits per heavy atom. The van der Waals surface area contributed by atoms with Crippen LogP contribution in [-0.2, 0) is 15.1 Å². The number of carbonyl (C=O) groups excluding carboxylic acids is 1. The summed E-state index contributed by atoms with van der Waals surface area (Å²) in [5, 5.41) is 0. The van der Waals surface area contributed by atoms with Gasteiger partial charge in [-0.2, -0.15) is 0 Å². The lowest BCUT2D eigenvalue weighted by Gasteiger charge is -2.50. The van der Waals surface area contributed by atoms with Gasteiger partial charge in [0.05, 0.1) is 12.1 Å². The molecular formula is C21H34NO2+. The van der Waals surface area contributed by atoms with Crippen molar-refractivity contribution < 1.29 is 14.4 Å². The molecule has 1 aromatic rings. The summed E-state index contributed by atoms with van der Waals surface area (Å²) >= 11 is 0. The third-order valence-electron chi connectivity index (χ3n) is 5.49. The third kappa shape index (κ3) is 4.18. The van der Waals surface area contributed by atoms with Gasteiger partial charge in [0.1, 0.15) is 6.54 Å². The average Bonchev–Trinajstić information content (AvgIpc) is 2.45. The highest BCUT2D eigenvalue weighted by Crippen LogP contribution is 2.40. The predicted octanol–water partition coefficient (Wildman–Crippen LogP) is 3.19. The lowest BCUT2D eigenvalue weighted by Crippen LogP contribution is -3.22. The van der Waals surface area contributed by atoms with E-state index in [4.69, 9.17) is 4.74 Å². The molecule has 1 unspecified atom stereocenters. The molecule has 1 fully saturated rings. The zero-order valence-electron chi connectivity index (χ0n) is 16.4. The van der Waals surface area contributed by atoms with E-state index in [1.807, 2.05) is 18.2 Å². The van der Waals surface area contributed by atoms with Gasteiger partial charge in [0.15, 0.2) is 5.60 Å². The van der Waals surface area contributed by atoms with E-state index in [0.29, 0.717) is 5.92 Å². The summed E-state index contributed by atoms with van der Waals surface area (Å²) < 4.78 is 6.06. The van der Waals surface area contributed by atoms with Gasteiger partial charge in [0, 0.05) is 24.8 Å². The number of quaternary nitrogens is 1. The molecule has 0 radical (unpaired) electrons. The van der Waals surface area contributed by atoms with E-state index < -0.39 is 5.60 Å². The van der Waals surface area contributed by atoms with Crippen LogP contribution in [-0.4, -0.2) is 24.6 Å². The maximum atomic E-state index is 12.0. The predicted molar refractivity (Wildman–Crippen MR) is 97.9 cm³/mol. The van der Waals surface area contributed by atoms with Crippen molar-refractivity contribution in [2.75, 3.05) is 13.1 Å². The average molecular weight is 333 g/mol. The molecule has 0 spiro atoms. The van der Waals surface area contributed by atoms with Crippen molar-refractivity contribution in [1.29, 1.82) is 0 Å². The number of carbonyl (C=O) groups is 1. The molecule has 1 aliphatic heterocycles. The Morgan fingerprint density at radius 2 is 1.71 bits per heavy atom. The molecule has 0 amide bonds. The summed E-state index contributed by atoms with van der Waals surface area (Å²) in [7, 11) is 0. The Morgan fingerprint density at radius 1 is 1.12 bits per heavy atom. The number of hydrogen-bond donors (Lipinski definition) is 1. The van der Waals surface area contributed by atoms with Crippen LogP contribution >= 0.6 is 0 Å². The molecule has 3 nitrogen and oxygen atoms in total. The van der Waals surface area contributed by atoms with E-state index in [0.717, 1.165) is 25.1 Å². The summed E-state index contributed by atoms with van der Waals surface area (Å²) in [6.45, 7) is 17.2. The molecule has 2 rings (SSSR count). The first-order chi connectivity index (χ1) is 10.9. The van der Waals surface area contributed by atoms with E-state index in [9.17, 15) is 4.79 Å². The monoisotopic (exact) mass is 332 g/mol. The maximum absolute atomic E-state index is 12.0. The second-order valence-electron chi connectivity index (χ2n) is 9.46. The number of ether oxygens (including phenoxy) is 1. The molecule has 134 valence electrons. The van der Waals surface area contributed by atoms with Crippen LogP contribution in [0.25, 0.3) is 0 Å². The number of nitrogens with one attached hydrogen (secondary N) is 1. The molecule has 1 heterocycles. The summed E-state index contributed by atoms with van der Waals surface area (Å²) in [6.07, 6.45) is 0.889. The summed E-state index contributed by atoms with van der Waals surface area (Å²) in [6, 6.07) is 10.3. The number of piperidine rings is 1. The first-order valence-electron chi connectivity index (χ1n) is 9.04. The van der Waals surface area contributed by atoms with Gasteiger partial charge < -0.3 is 9.64 Å². The van der Waals surface area contributed by atoms with E-state index in [1.165, 1.54) is 11.8 Å². The van der Waals surface area contributed by atoms with Crippen LogP contribution in [0.15, 0.2) is 30.3 Å². The Kier molecular flexibility index (Phi) is 5.15. The van der Waals surface area contributed by atoms with Crippen molar-refractivity contribution in [3.8, 4) is 0 Å². The summed E-state index contributed by atoms with van der Waals surface area (Å²) in [4.78, 5) is 13.5. The second kappa shape index (κ2) is 6.51. The molecule has 0 bridgehead atoms. The Balaban J connectivity index is 2.52. The van der Waals surface area contributed by atoms with Crippen molar-refractivity contribution in [1.82, 2.24) is 0 Å². The minimum Gasteiger partial charge on any atom is -0.448 e. The van der Waals surface area contributed by atoms with Crippen LogP contribution < -0.4 is 4.90 Å². The maximum Gasteiger partial charge on any atom is 0.303 e. The fourth-order valence-electron chi connectivity index (χ4n) is 3.81. The highest BCUT2D eigenvalue weighted by atomic mass is 16.6. The standard InChI is InChI=1S/C21H33NO2/c1-16(23)24-21(17-11-9-8-10-12-17)13-18(19(2,3)4)14-22(15-21)20(5,6)7/h8-12,18H,13-15H2,1-7H3/p+1/t18-,21+/m1/s1. The fourth-order valence-corrected chi connectivity index (χ4v) is 3.81. The van der Waals surface area contributed by atoms with Crippen LogP contribution in [0.3, 0.4) is 0 Å². The topological polar surface area (TPSA) is 30.7 Å². The number of likely N-dealkylation sites (tertiary alicyclic amines) is 1. The van der Waals surface area contributed by atoms with Crippen LogP contribution in [0.1, 0.15) is 60.5 Å². The van der Waals surface area contributed by atoms with Crippen LogP contribution in [0, 0.1) is 11.3 Å². The van der Waals surface area contributed by atoms with Gasteiger partial charge in [-0.3, -0.25) is 4.79 Å². The smallest absolute Gasteiger partial charge is 0.303 e. The van der Waals surface area contributed by atoms with Crippen molar-refractivity contribution in [2.24, 2.45) is 11.3 Å². The molecule has 1 saturated heterocycles. The Bertz CT molecular complexity index is 544. The van der Waals surface area contributed by atoms with Crippen molar-refractivity contribution in [2.45, 2.75) is 66.0 Å². The van der Waals surface area contributed by atoms with Gasteiger partial charge in [-0.1, -0.05) is 51.1 Å². The van der Waals surface area contributed by atoms with Gasteiger partial charge in [-0.15, -0.1) is 0 Å². The van der Waals surface area contributed by atoms with Crippen LogP contribution in [0.5, 0.6) is 0 Å². The van der Waals surface area contributed by atoms with Crippen molar-refractivity contribution in [3.63, 3.8) is 0 Å². The first-order valence-corrected chi connectivity index (χ1v) is 9.04. The molecule has 0 aromatic heterocycles.